The molecule has 1 aromatic carbocycles. The summed E-state index contributed by atoms with van der Waals surface area (Å²) in [5, 5.41) is 17.2. The number of benzene rings is 1. The summed E-state index contributed by atoms with van der Waals surface area (Å²) in [6, 6.07) is 4.94. The van der Waals surface area contributed by atoms with Gasteiger partial charge >= 0.3 is 5.97 Å². The molecule has 0 unspecified atom stereocenters. The largest absolute Gasteiger partial charge is 0.478 e. The monoisotopic (exact) mass is 285 g/mol. The number of imidazole rings is 1. The number of carbonyl (C=O) groups is 1. The van der Waals surface area contributed by atoms with E-state index in [-0.39, 0.29) is 5.56 Å². The first kappa shape index (κ1) is 13.3. The molecule has 108 valence electrons. The molecule has 7 heteroatoms. The molecule has 7 nitrogen and oxygen atoms in total. The van der Waals surface area contributed by atoms with E-state index in [1.165, 1.54) is 0 Å². The van der Waals surface area contributed by atoms with Crippen LogP contribution >= 0.6 is 0 Å². The summed E-state index contributed by atoms with van der Waals surface area (Å²) in [5.74, 6) is 0.692. The smallest absolute Gasteiger partial charge is 0.335 e. The predicted molar refractivity (Wildman–Crippen MR) is 76.2 cm³/mol. The minimum atomic E-state index is -0.945. The van der Waals surface area contributed by atoms with Crippen molar-refractivity contribution < 1.29 is 9.90 Å². The van der Waals surface area contributed by atoms with Crippen LogP contribution in [-0.2, 0) is 13.1 Å². The van der Waals surface area contributed by atoms with Gasteiger partial charge in [-0.2, -0.15) is 0 Å². The number of nitrogens with zero attached hydrogens (tertiary/aromatic N) is 5. The van der Waals surface area contributed by atoms with Crippen molar-refractivity contribution >= 4 is 17.0 Å². The minimum Gasteiger partial charge on any atom is -0.478 e. The lowest BCUT2D eigenvalue weighted by Crippen LogP contribution is -2.09. The lowest BCUT2D eigenvalue weighted by atomic mass is 10.2. The van der Waals surface area contributed by atoms with Crippen molar-refractivity contribution in [1.29, 1.82) is 0 Å². The molecule has 0 aliphatic heterocycles. The Labute approximate surface area is 120 Å². The average molecular weight is 285 g/mol. The van der Waals surface area contributed by atoms with Gasteiger partial charge in [-0.05, 0) is 32.0 Å². The fourth-order valence-electron chi connectivity index (χ4n) is 2.38. The molecule has 3 rings (SSSR count). The highest BCUT2D eigenvalue weighted by Crippen LogP contribution is 2.19. The van der Waals surface area contributed by atoms with E-state index in [1.54, 1.807) is 24.5 Å². The maximum atomic E-state index is 11.1. The summed E-state index contributed by atoms with van der Waals surface area (Å²) < 4.78 is 3.91. The van der Waals surface area contributed by atoms with Crippen LogP contribution < -0.4 is 0 Å². The Morgan fingerprint density at radius 2 is 2.19 bits per heavy atom. The van der Waals surface area contributed by atoms with Gasteiger partial charge in [0, 0.05) is 6.54 Å². The molecule has 0 radical (unpaired) electrons. The third-order valence-corrected chi connectivity index (χ3v) is 3.52. The first-order valence-electron chi connectivity index (χ1n) is 6.67. The summed E-state index contributed by atoms with van der Waals surface area (Å²) in [4.78, 5) is 15.6. The topological polar surface area (TPSA) is 85.8 Å². The molecule has 1 N–H and O–H groups in total. The molecule has 0 atom stereocenters. The van der Waals surface area contributed by atoms with Crippen molar-refractivity contribution in [3.05, 3.63) is 41.7 Å². The van der Waals surface area contributed by atoms with E-state index in [2.05, 4.69) is 15.2 Å². The number of aromatic carboxylic acids is 1. The van der Waals surface area contributed by atoms with E-state index < -0.39 is 5.97 Å². The van der Waals surface area contributed by atoms with Gasteiger partial charge < -0.3 is 14.2 Å². The highest BCUT2D eigenvalue weighted by molar-refractivity contribution is 5.92. The van der Waals surface area contributed by atoms with Gasteiger partial charge in [-0.3, -0.25) is 0 Å². The molecule has 0 aliphatic carbocycles. The first-order valence-corrected chi connectivity index (χ1v) is 6.67. The molecule has 2 heterocycles. The normalized spacial score (nSPS) is 11.1. The van der Waals surface area contributed by atoms with Crippen molar-refractivity contribution in [3.63, 3.8) is 0 Å². The lowest BCUT2D eigenvalue weighted by molar-refractivity contribution is 0.0697. The molecule has 0 aliphatic rings. The van der Waals surface area contributed by atoms with E-state index in [4.69, 9.17) is 5.11 Å². The van der Waals surface area contributed by atoms with Gasteiger partial charge in [-0.25, -0.2) is 9.78 Å². The molecule has 0 fully saturated rings. The molecule has 0 saturated carbocycles. The van der Waals surface area contributed by atoms with E-state index in [1.807, 2.05) is 23.0 Å². The summed E-state index contributed by atoms with van der Waals surface area (Å²) in [6.07, 6.45) is 1.69. The van der Waals surface area contributed by atoms with Gasteiger partial charge in [0.1, 0.15) is 12.2 Å². The van der Waals surface area contributed by atoms with Crippen LogP contribution in [0.4, 0.5) is 0 Å². The van der Waals surface area contributed by atoms with Crippen LogP contribution in [0.1, 0.15) is 28.9 Å². The summed E-state index contributed by atoms with van der Waals surface area (Å²) >= 11 is 0. The van der Waals surface area contributed by atoms with Crippen molar-refractivity contribution in [1.82, 2.24) is 24.3 Å². The molecule has 3 aromatic rings. The fourth-order valence-corrected chi connectivity index (χ4v) is 2.38. The molecule has 0 saturated heterocycles. The van der Waals surface area contributed by atoms with Crippen LogP contribution in [0.2, 0.25) is 0 Å². The third kappa shape index (κ3) is 2.26. The number of hydrogen-bond donors (Lipinski definition) is 1. The zero-order chi connectivity index (χ0) is 15.0. The maximum absolute atomic E-state index is 11.1. The second-order valence-electron chi connectivity index (χ2n) is 4.79. The standard InChI is InChI=1S/C14H15N5O2/c1-3-18-8-15-17-13(18)7-19-9(2)16-11-5-4-10(14(20)21)6-12(11)19/h4-6,8H,3,7H2,1-2H3,(H,20,21). The highest BCUT2D eigenvalue weighted by Gasteiger charge is 2.13. The van der Waals surface area contributed by atoms with Crippen LogP contribution in [0.15, 0.2) is 24.5 Å². The van der Waals surface area contributed by atoms with E-state index in [0.717, 1.165) is 29.2 Å². The molecular formula is C14H15N5O2. The Balaban J connectivity index is 2.10. The fraction of sp³-hybridized carbons (Fsp3) is 0.286. The van der Waals surface area contributed by atoms with Crippen LogP contribution in [0.3, 0.4) is 0 Å². The Hall–Kier alpha value is -2.70. The lowest BCUT2D eigenvalue weighted by Gasteiger charge is -2.07. The summed E-state index contributed by atoms with van der Waals surface area (Å²) in [7, 11) is 0. The molecule has 0 bridgehead atoms. The number of aromatic nitrogens is 5. The SMILES string of the molecule is CCn1cnnc1Cn1c(C)nc2ccc(C(=O)O)cc21. The second kappa shape index (κ2) is 5.01. The van der Waals surface area contributed by atoms with Crippen molar-refractivity contribution in [2.75, 3.05) is 0 Å². The van der Waals surface area contributed by atoms with E-state index in [9.17, 15) is 4.79 Å². The average Bonchev–Trinajstić information content (AvgIpc) is 3.03. The Bertz CT molecular complexity index is 818. The molecule has 2 aromatic heterocycles. The van der Waals surface area contributed by atoms with E-state index in [0.29, 0.717) is 6.54 Å². The van der Waals surface area contributed by atoms with Gasteiger partial charge in [-0.15, -0.1) is 10.2 Å². The zero-order valence-electron chi connectivity index (χ0n) is 11.8. The number of hydrogen-bond acceptors (Lipinski definition) is 4. The zero-order valence-corrected chi connectivity index (χ0v) is 11.8. The second-order valence-corrected chi connectivity index (χ2v) is 4.79. The van der Waals surface area contributed by atoms with Gasteiger partial charge in [0.05, 0.1) is 23.1 Å². The number of aryl methyl sites for hydroxylation is 2. The Morgan fingerprint density at radius 3 is 2.90 bits per heavy atom. The third-order valence-electron chi connectivity index (χ3n) is 3.52. The van der Waals surface area contributed by atoms with Gasteiger partial charge in [-0.1, -0.05) is 0 Å². The highest BCUT2D eigenvalue weighted by atomic mass is 16.4. The minimum absolute atomic E-state index is 0.251. The quantitative estimate of drug-likeness (QED) is 0.788. The van der Waals surface area contributed by atoms with Crippen LogP contribution in [0, 0.1) is 6.92 Å². The number of carboxylic acid groups (broad SMARTS) is 1. The van der Waals surface area contributed by atoms with Gasteiger partial charge in [0.25, 0.3) is 0 Å². The first-order chi connectivity index (χ1) is 10.1. The number of rotatable bonds is 4. The maximum Gasteiger partial charge on any atom is 0.335 e. The molecule has 21 heavy (non-hydrogen) atoms. The van der Waals surface area contributed by atoms with Crippen LogP contribution in [0.25, 0.3) is 11.0 Å². The number of fused-ring (bicyclic) bond motifs is 1. The summed E-state index contributed by atoms with van der Waals surface area (Å²) in [5.41, 5.74) is 1.82. The molecule has 0 spiro atoms. The van der Waals surface area contributed by atoms with Crippen molar-refractivity contribution in [2.45, 2.75) is 26.9 Å². The molecule has 0 amide bonds. The van der Waals surface area contributed by atoms with Gasteiger partial charge in [0.2, 0.25) is 0 Å². The number of carboxylic acids is 1. The predicted octanol–water partition coefficient (Wildman–Crippen LogP) is 1.70. The summed E-state index contributed by atoms with van der Waals surface area (Å²) in [6.45, 7) is 5.22. The molecular weight excluding hydrogens is 270 g/mol. The van der Waals surface area contributed by atoms with Crippen LogP contribution in [0.5, 0.6) is 0 Å². The van der Waals surface area contributed by atoms with Gasteiger partial charge in [0.15, 0.2) is 5.82 Å². The van der Waals surface area contributed by atoms with Crippen molar-refractivity contribution in [3.8, 4) is 0 Å². The van der Waals surface area contributed by atoms with E-state index >= 15 is 0 Å². The van der Waals surface area contributed by atoms with Crippen molar-refractivity contribution in [2.24, 2.45) is 0 Å². The Morgan fingerprint density at radius 1 is 1.38 bits per heavy atom. The Kier molecular flexibility index (Phi) is 3.17. The van der Waals surface area contributed by atoms with Crippen LogP contribution in [-0.4, -0.2) is 35.4 Å².